The number of carbonyl (C=O) groups is 3. The highest BCUT2D eigenvalue weighted by Gasteiger charge is 2.77. The minimum atomic E-state index is -2.00. The molecule has 0 aliphatic heterocycles. The van der Waals surface area contributed by atoms with E-state index in [0.29, 0.717) is 24.8 Å². The Morgan fingerprint density at radius 2 is 1.94 bits per heavy atom. The van der Waals surface area contributed by atoms with Crippen molar-refractivity contribution in [3.05, 3.63) is 23.8 Å². The number of fused-ring (bicyclic) bond motifs is 5. The average Bonchev–Trinajstić information content (AvgIpc) is 3.00. The van der Waals surface area contributed by atoms with E-state index in [2.05, 4.69) is 0 Å². The Morgan fingerprint density at radius 1 is 1.26 bits per heavy atom. The highest BCUT2D eigenvalue weighted by Crippen LogP contribution is 2.71. The molecule has 0 amide bonds. The van der Waals surface area contributed by atoms with Crippen LogP contribution in [0.5, 0.6) is 0 Å². The second kappa shape index (κ2) is 8.62. The molecule has 4 aliphatic carbocycles. The van der Waals surface area contributed by atoms with Crippen LogP contribution in [-0.2, 0) is 23.9 Å². The lowest BCUT2D eigenvalue weighted by Crippen LogP contribution is -2.70. The Balaban J connectivity index is 1.81. The number of ketones is 2. The second-order valence-corrected chi connectivity index (χ2v) is 11.7. The van der Waals surface area contributed by atoms with E-state index in [0.717, 1.165) is 0 Å². The van der Waals surface area contributed by atoms with Crippen LogP contribution in [0.25, 0.3) is 0 Å². The summed E-state index contributed by atoms with van der Waals surface area (Å²) in [4.78, 5) is 38.5. The molecule has 0 radical (unpaired) electrons. The van der Waals surface area contributed by atoms with Gasteiger partial charge in [-0.3, -0.25) is 14.4 Å². The van der Waals surface area contributed by atoms with E-state index in [1.54, 1.807) is 19.9 Å². The average molecular weight is 491 g/mol. The number of aliphatic hydroxyl groups is 1. The number of aliphatic hydroxyl groups excluding tert-OH is 1. The topological polar surface area (TPSA) is 89.9 Å². The molecule has 0 unspecified atom stereocenters. The lowest BCUT2D eigenvalue weighted by atomic mass is 9.44. The van der Waals surface area contributed by atoms with Crippen molar-refractivity contribution in [3.63, 3.8) is 0 Å². The number of halogens is 1. The summed E-state index contributed by atoms with van der Waals surface area (Å²) in [6.07, 6.45) is 4.53. The van der Waals surface area contributed by atoms with Gasteiger partial charge < -0.3 is 14.6 Å². The summed E-state index contributed by atoms with van der Waals surface area (Å²) in [7, 11) is 0. The molecule has 0 spiro atoms. The summed E-state index contributed by atoms with van der Waals surface area (Å²) in [5.41, 5.74) is -4.86. The number of alkyl halides is 1. The molecule has 194 valence electrons. The van der Waals surface area contributed by atoms with Gasteiger partial charge in [-0.1, -0.05) is 32.4 Å². The highest BCUT2D eigenvalue weighted by molar-refractivity contribution is 6.01. The lowest BCUT2D eigenvalue weighted by Gasteiger charge is -2.62. The van der Waals surface area contributed by atoms with Crippen molar-refractivity contribution in [1.29, 1.82) is 0 Å². The van der Waals surface area contributed by atoms with Gasteiger partial charge in [0.25, 0.3) is 0 Å². The van der Waals surface area contributed by atoms with Gasteiger partial charge in [0.2, 0.25) is 5.78 Å². The van der Waals surface area contributed by atoms with Crippen molar-refractivity contribution in [2.24, 2.45) is 28.6 Å². The summed E-state index contributed by atoms with van der Waals surface area (Å²) in [6.45, 7) is 10.7. The van der Waals surface area contributed by atoms with Gasteiger partial charge in [-0.05, 0) is 64.5 Å². The molecule has 6 nitrogen and oxygen atoms in total. The van der Waals surface area contributed by atoms with E-state index >= 15 is 4.39 Å². The van der Waals surface area contributed by atoms with Gasteiger partial charge in [-0.25, -0.2) is 4.39 Å². The van der Waals surface area contributed by atoms with Crippen LogP contribution in [0.4, 0.5) is 4.39 Å². The molecule has 0 heterocycles. The molecule has 0 aromatic rings. The number of allylic oxidation sites excluding steroid dienone is 4. The number of hydrogen-bond donors (Lipinski definition) is 1. The molecule has 1 N–H and O–H groups in total. The minimum absolute atomic E-state index is 0.0237. The van der Waals surface area contributed by atoms with Gasteiger partial charge in [0.05, 0.1) is 12.2 Å². The quantitative estimate of drug-likeness (QED) is 0.559. The predicted molar refractivity (Wildman–Crippen MR) is 128 cm³/mol. The van der Waals surface area contributed by atoms with Crippen LogP contribution >= 0.6 is 0 Å². The monoisotopic (exact) mass is 490 g/mol. The summed E-state index contributed by atoms with van der Waals surface area (Å²) >= 11 is 0. The normalized spacial score (nSPS) is 44.4. The Bertz CT molecular complexity index is 986. The first-order valence-corrected chi connectivity index (χ1v) is 13.0. The van der Waals surface area contributed by atoms with E-state index in [1.807, 2.05) is 27.7 Å². The van der Waals surface area contributed by atoms with Gasteiger partial charge >= 0.3 is 5.97 Å². The van der Waals surface area contributed by atoms with E-state index in [4.69, 9.17) is 9.47 Å². The first kappa shape index (κ1) is 26.2. The van der Waals surface area contributed by atoms with Crippen LogP contribution in [0, 0.1) is 28.6 Å². The number of hydrogen-bond acceptors (Lipinski definition) is 6. The van der Waals surface area contributed by atoms with E-state index in [9.17, 15) is 19.5 Å². The number of esters is 1. The van der Waals surface area contributed by atoms with Crippen LogP contribution < -0.4 is 0 Å². The van der Waals surface area contributed by atoms with Gasteiger partial charge in [0, 0.05) is 29.1 Å². The lowest BCUT2D eigenvalue weighted by molar-refractivity contribution is -0.229. The molecule has 4 rings (SSSR count). The standard InChI is InChI=1S/C28H39FO6/c1-7-24(33)35-28(23(32)15-34-16(2)3)17(4)12-21-20-9-8-18-13-19(30)10-11-25(18,5)27(20,29)22(31)14-26(21,28)6/h10-11,13,16-17,20-22,31H,7-9,12,14-15H2,1-6H3/t17-,20-,21-,22-,25-,26-,27-,28-/m0/s1. The zero-order chi connectivity index (χ0) is 26.0. The maximum absolute atomic E-state index is 17.4. The Kier molecular flexibility index (Phi) is 6.45. The molecular formula is C28H39FO6. The summed E-state index contributed by atoms with van der Waals surface area (Å²) in [6, 6.07) is 0. The summed E-state index contributed by atoms with van der Waals surface area (Å²) in [5, 5.41) is 11.6. The number of carbonyl (C=O) groups excluding carboxylic acids is 3. The van der Waals surface area contributed by atoms with Crippen LogP contribution in [0.2, 0.25) is 0 Å². The fourth-order valence-electron chi connectivity index (χ4n) is 8.00. The van der Waals surface area contributed by atoms with Gasteiger partial charge in [-0.15, -0.1) is 0 Å². The molecule has 4 aliphatic rings. The summed E-state index contributed by atoms with van der Waals surface area (Å²) in [5.74, 6) is -2.18. The molecule has 0 bridgehead atoms. The number of rotatable bonds is 6. The maximum Gasteiger partial charge on any atom is 0.306 e. The molecule has 3 saturated carbocycles. The highest BCUT2D eigenvalue weighted by atomic mass is 19.1. The van der Waals surface area contributed by atoms with E-state index in [1.165, 1.54) is 12.2 Å². The van der Waals surface area contributed by atoms with Gasteiger partial charge in [-0.2, -0.15) is 0 Å². The largest absolute Gasteiger partial charge is 0.450 e. The van der Waals surface area contributed by atoms with Gasteiger partial charge in [0.1, 0.15) is 6.61 Å². The molecular weight excluding hydrogens is 451 g/mol. The minimum Gasteiger partial charge on any atom is -0.450 e. The van der Waals surface area contributed by atoms with Crippen LogP contribution in [0.3, 0.4) is 0 Å². The van der Waals surface area contributed by atoms with Crippen LogP contribution in [0.1, 0.15) is 73.6 Å². The fourth-order valence-corrected chi connectivity index (χ4v) is 8.00. The van der Waals surface area contributed by atoms with Crippen molar-refractivity contribution in [1.82, 2.24) is 0 Å². The number of Topliss-reactive ketones (excluding diaryl/α,β-unsaturated/α-hetero) is 1. The Labute approximate surface area is 207 Å². The van der Waals surface area contributed by atoms with Crippen molar-refractivity contribution in [2.45, 2.75) is 97.1 Å². The third-order valence-corrected chi connectivity index (χ3v) is 9.71. The Morgan fingerprint density at radius 3 is 2.57 bits per heavy atom. The van der Waals surface area contributed by atoms with Crippen LogP contribution in [0.15, 0.2) is 23.8 Å². The van der Waals surface area contributed by atoms with Crippen molar-refractivity contribution in [2.75, 3.05) is 6.61 Å². The van der Waals surface area contributed by atoms with E-state index < -0.39 is 40.1 Å². The third-order valence-electron chi connectivity index (χ3n) is 9.71. The molecule has 0 saturated heterocycles. The molecule has 8 atom stereocenters. The maximum atomic E-state index is 17.4. The predicted octanol–water partition coefficient (Wildman–Crippen LogP) is 4.29. The van der Waals surface area contributed by atoms with Gasteiger partial charge in [0.15, 0.2) is 17.1 Å². The van der Waals surface area contributed by atoms with E-state index in [-0.39, 0.29) is 49.0 Å². The van der Waals surface area contributed by atoms with Crippen molar-refractivity contribution >= 4 is 17.5 Å². The Hall–Kier alpha value is -1.86. The zero-order valence-corrected chi connectivity index (χ0v) is 21.7. The third kappa shape index (κ3) is 3.44. The first-order valence-electron chi connectivity index (χ1n) is 13.0. The van der Waals surface area contributed by atoms with Crippen molar-refractivity contribution < 1.29 is 33.4 Å². The molecule has 0 aromatic carbocycles. The summed E-state index contributed by atoms with van der Waals surface area (Å²) < 4.78 is 29.1. The number of ether oxygens (including phenoxy) is 2. The smallest absolute Gasteiger partial charge is 0.306 e. The van der Waals surface area contributed by atoms with Crippen LogP contribution in [-0.4, -0.2) is 52.7 Å². The first-order chi connectivity index (χ1) is 16.3. The molecule has 7 heteroatoms. The molecule has 3 fully saturated rings. The van der Waals surface area contributed by atoms with Crippen molar-refractivity contribution in [3.8, 4) is 0 Å². The SMILES string of the molecule is CCC(=O)O[C@]1(C(=O)COC(C)C)[C@@H](C)C[C@H]2[C@@H]3CCC4=CC(=O)C=C[C@]4(C)[C@@]3(F)[C@@H](O)C[C@@]21C. The zero-order valence-electron chi connectivity index (χ0n) is 21.7. The molecule has 35 heavy (non-hydrogen) atoms. The fraction of sp³-hybridized carbons (Fsp3) is 0.750. The molecule has 0 aromatic heterocycles. The second-order valence-electron chi connectivity index (χ2n) is 11.7.